The zero-order valence-electron chi connectivity index (χ0n) is 4.81. The average Bonchev–Trinajstić information content (AvgIpc) is 1.72. The van der Waals surface area contributed by atoms with Crippen molar-refractivity contribution in [3.05, 3.63) is 17.4 Å². The lowest BCUT2D eigenvalue weighted by Gasteiger charge is -2.04. The van der Waals surface area contributed by atoms with Crippen LogP contribution in [0.15, 0.2) is 11.6 Å². The quantitative estimate of drug-likeness (QED) is 0.414. The van der Waals surface area contributed by atoms with E-state index in [0.717, 1.165) is 6.42 Å². The second-order valence-corrected chi connectivity index (χ2v) is 1.60. The molecule has 0 nitrogen and oxygen atoms in total. The van der Waals surface area contributed by atoms with Crippen molar-refractivity contribution >= 4 is 12.6 Å². The van der Waals surface area contributed by atoms with Crippen LogP contribution in [0.4, 0.5) is 0 Å². The number of thiol groups is 1. The molecule has 0 rings (SSSR count). The summed E-state index contributed by atoms with van der Waals surface area (Å²) in [6.45, 7) is 4.13. The molecule has 0 aromatic rings. The van der Waals surface area contributed by atoms with Gasteiger partial charge in [0, 0.05) is 0 Å². The number of allylic oxidation sites excluding steroid dienone is 1. The monoisotopic (exact) mass is 115 g/mol. The van der Waals surface area contributed by atoms with E-state index in [1.54, 1.807) is 0 Å². The van der Waals surface area contributed by atoms with E-state index in [0.29, 0.717) is 0 Å². The van der Waals surface area contributed by atoms with Crippen molar-refractivity contribution in [2.24, 2.45) is 0 Å². The topological polar surface area (TPSA) is 0 Å². The molecule has 0 atom stereocenters. The summed E-state index contributed by atoms with van der Waals surface area (Å²) >= 11 is 3.98. The zero-order chi connectivity index (χ0) is 5.70. The highest BCUT2D eigenvalue weighted by molar-refractivity contribution is 7.82. The van der Waals surface area contributed by atoms with Gasteiger partial charge in [-0.25, -0.2) is 11.6 Å². The van der Waals surface area contributed by atoms with E-state index in [9.17, 15) is 0 Å². The highest BCUT2D eigenvalue weighted by atomic mass is 32.1. The van der Waals surface area contributed by atoms with Gasteiger partial charge in [0.2, 0.25) is 0 Å². The second kappa shape index (κ2) is 4.13. The summed E-state index contributed by atoms with van der Waals surface area (Å²) in [6.07, 6.45) is 3.15. The molecule has 0 fully saturated rings. The smallest absolute Gasteiger partial charge is 0.0634 e. The van der Waals surface area contributed by atoms with Crippen LogP contribution in [-0.2, 0) is 0 Å². The molecule has 0 amide bonds. The average molecular weight is 115 g/mol. The van der Waals surface area contributed by atoms with Crippen LogP contribution < -0.4 is 0 Å². The maximum absolute atomic E-state index is 3.98. The first kappa shape index (κ1) is 6.96. The molecule has 0 aliphatic carbocycles. The largest absolute Gasteiger partial charge is 0.253 e. The predicted molar refractivity (Wildman–Crippen MR) is 37.3 cm³/mol. The summed E-state index contributed by atoms with van der Waals surface area (Å²) < 4.78 is 0. The molecule has 0 aromatic carbocycles. The van der Waals surface area contributed by atoms with Gasteiger partial charge in [-0.3, -0.25) is 12.6 Å². The van der Waals surface area contributed by atoms with Crippen molar-refractivity contribution in [2.45, 2.75) is 20.3 Å². The van der Waals surface area contributed by atoms with E-state index in [2.05, 4.69) is 25.6 Å². The fourth-order valence-corrected chi connectivity index (χ4v) is 0.702. The van der Waals surface area contributed by atoms with E-state index in [4.69, 9.17) is 0 Å². The molecule has 0 N–H and O–H groups in total. The van der Waals surface area contributed by atoms with E-state index in [1.807, 2.05) is 12.7 Å². The van der Waals surface area contributed by atoms with Crippen molar-refractivity contribution in [1.29, 1.82) is 0 Å². The van der Waals surface area contributed by atoms with Crippen molar-refractivity contribution in [2.75, 3.05) is 0 Å². The van der Waals surface area contributed by atoms with Crippen LogP contribution in [0.3, 0.4) is 0 Å². The third-order valence-corrected chi connectivity index (χ3v) is 1.28. The fraction of sp³-hybridized carbons (Fsp3) is 0.500. The maximum atomic E-state index is 3.98. The Morgan fingerprint density at radius 1 is 1.86 bits per heavy atom. The fourth-order valence-electron chi connectivity index (χ4n) is 0.370. The lowest BCUT2D eigenvalue weighted by Crippen LogP contribution is -1.71. The third kappa shape index (κ3) is 2.63. The highest BCUT2D eigenvalue weighted by Crippen LogP contribution is 2.05. The van der Waals surface area contributed by atoms with Gasteiger partial charge < -0.3 is 0 Å². The Bertz CT molecular complexity index is 58.6. The maximum Gasteiger partial charge on any atom is -0.0634 e. The van der Waals surface area contributed by atoms with Gasteiger partial charge in [0.25, 0.3) is 0 Å². The van der Waals surface area contributed by atoms with Gasteiger partial charge in [0.05, 0.1) is 0 Å². The van der Waals surface area contributed by atoms with Crippen LogP contribution in [0.1, 0.15) is 20.3 Å². The van der Waals surface area contributed by atoms with E-state index in [-0.39, 0.29) is 0 Å². The Balaban J connectivity index is 3.38. The van der Waals surface area contributed by atoms with Gasteiger partial charge in [0.15, 0.2) is 0 Å². The Morgan fingerprint density at radius 2 is 2.43 bits per heavy atom. The molecular weight excluding hydrogens is 104 g/mol. The lowest BCUT2D eigenvalue weighted by molar-refractivity contribution is 1.13. The third-order valence-electron chi connectivity index (χ3n) is 0.945. The summed E-state index contributed by atoms with van der Waals surface area (Å²) in [5.74, 6) is 1.83. The van der Waals surface area contributed by atoms with Crippen molar-refractivity contribution in [1.82, 2.24) is 0 Å². The highest BCUT2D eigenvalue weighted by Gasteiger charge is 1.71. The molecule has 1 heteroatoms. The molecule has 0 unspecified atom stereocenters. The SMILES string of the molecule is C/C=C(/[CH-]S)CC. The van der Waals surface area contributed by atoms with Gasteiger partial charge in [-0.05, 0) is 0 Å². The molecule has 0 bridgehead atoms. The summed E-state index contributed by atoms with van der Waals surface area (Å²) in [7, 11) is 0. The Labute approximate surface area is 51.0 Å². The normalized spacial score (nSPS) is 11.6. The predicted octanol–water partition coefficient (Wildman–Crippen LogP) is 2.43. The van der Waals surface area contributed by atoms with Gasteiger partial charge in [0.1, 0.15) is 0 Å². The molecule has 0 aliphatic heterocycles. The molecule has 0 aromatic heterocycles. The standard InChI is InChI=1S/C6H11S/c1-3-6(4-2)5-7/h3,5,7H,4H2,1-2H3/q-1/b6-3+. The summed E-state index contributed by atoms with van der Waals surface area (Å²) in [4.78, 5) is 0. The zero-order valence-corrected chi connectivity index (χ0v) is 5.70. The molecule has 0 saturated heterocycles. The molecule has 0 spiro atoms. The summed E-state index contributed by atoms with van der Waals surface area (Å²) in [6, 6.07) is 0. The molecule has 0 aliphatic rings. The van der Waals surface area contributed by atoms with E-state index >= 15 is 0 Å². The first-order valence-corrected chi connectivity index (χ1v) is 2.99. The first-order valence-electron chi connectivity index (χ1n) is 2.47. The first-order chi connectivity index (χ1) is 3.35. The Morgan fingerprint density at radius 3 is 2.43 bits per heavy atom. The van der Waals surface area contributed by atoms with E-state index in [1.165, 1.54) is 5.57 Å². The van der Waals surface area contributed by atoms with E-state index < -0.39 is 0 Å². The molecule has 0 saturated carbocycles. The van der Waals surface area contributed by atoms with Crippen LogP contribution in [0.25, 0.3) is 0 Å². The van der Waals surface area contributed by atoms with Crippen LogP contribution in [0.2, 0.25) is 0 Å². The molecule has 7 heavy (non-hydrogen) atoms. The lowest BCUT2D eigenvalue weighted by atomic mass is 10.2. The molecule has 42 valence electrons. The second-order valence-electron chi connectivity index (χ2n) is 1.35. The number of rotatable bonds is 2. The van der Waals surface area contributed by atoms with Crippen molar-refractivity contribution < 1.29 is 0 Å². The van der Waals surface area contributed by atoms with Gasteiger partial charge in [-0.2, -0.15) is 5.75 Å². The van der Waals surface area contributed by atoms with Crippen LogP contribution in [0, 0.1) is 5.75 Å². The van der Waals surface area contributed by atoms with Crippen LogP contribution in [0.5, 0.6) is 0 Å². The van der Waals surface area contributed by atoms with Crippen LogP contribution in [-0.4, -0.2) is 0 Å². The van der Waals surface area contributed by atoms with Gasteiger partial charge in [-0.1, -0.05) is 13.3 Å². The minimum atomic E-state index is 1.08. The van der Waals surface area contributed by atoms with Gasteiger partial charge in [-0.15, -0.1) is 6.92 Å². The molecule has 0 radical (unpaired) electrons. The molecular formula is C6H11S-. The number of hydrogen-bond acceptors (Lipinski definition) is 1. The van der Waals surface area contributed by atoms with Crippen LogP contribution >= 0.6 is 12.6 Å². The Hall–Kier alpha value is -0.0400. The number of hydrogen-bond donors (Lipinski definition) is 1. The summed E-state index contributed by atoms with van der Waals surface area (Å²) in [5.41, 5.74) is 1.29. The Kier molecular flexibility index (Phi) is 4.10. The van der Waals surface area contributed by atoms with Crippen molar-refractivity contribution in [3.8, 4) is 0 Å². The molecule has 0 heterocycles. The minimum absolute atomic E-state index is 1.08. The van der Waals surface area contributed by atoms with Crippen molar-refractivity contribution in [3.63, 3.8) is 0 Å². The van der Waals surface area contributed by atoms with Gasteiger partial charge >= 0.3 is 0 Å². The minimum Gasteiger partial charge on any atom is -0.253 e. The summed E-state index contributed by atoms with van der Waals surface area (Å²) in [5, 5.41) is 0.